The second-order valence-corrected chi connectivity index (χ2v) is 5.27. The van der Waals surface area contributed by atoms with Crippen LogP contribution < -0.4 is 0 Å². The van der Waals surface area contributed by atoms with E-state index in [4.69, 9.17) is 11.6 Å². The summed E-state index contributed by atoms with van der Waals surface area (Å²) < 4.78 is 39.7. The maximum absolute atomic E-state index is 12.7. The summed E-state index contributed by atoms with van der Waals surface area (Å²) in [6, 6.07) is 2.25. The first-order valence-corrected chi connectivity index (χ1v) is 6.43. The molecule has 19 heavy (non-hydrogen) atoms. The van der Waals surface area contributed by atoms with Crippen molar-refractivity contribution >= 4 is 22.6 Å². The Kier molecular flexibility index (Phi) is 2.92. The van der Waals surface area contributed by atoms with Gasteiger partial charge in [0.2, 0.25) is 0 Å². The SMILES string of the molecule is FC(F)(F)c1cc2nnn(CCC3CC3)c2cc1Cl. The first-order valence-electron chi connectivity index (χ1n) is 6.05. The molecule has 0 amide bonds. The molecule has 1 saturated carbocycles. The number of aryl methyl sites for hydroxylation is 1. The molecule has 0 radical (unpaired) electrons. The van der Waals surface area contributed by atoms with Crippen LogP contribution >= 0.6 is 11.6 Å². The van der Waals surface area contributed by atoms with Gasteiger partial charge in [0.05, 0.1) is 16.1 Å². The number of aromatic nitrogens is 3. The van der Waals surface area contributed by atoms with Crippen LogP contribution in [0.2, 0.25) is 5.02 Å². The molecule has 1 aliphatic rings. The van der Waals surface area contributed by atoms with Crippen molar-refractivity contribution in [2.75, 3.05) is 0 Å². The van der Waals surface area contributed by atoms with Crippen LogP contribution in [0.5, 0.6) is 0 Å². The fraction of sp³-hybridized carbons (Fsp3) is 0.500. The number of halogens is 4. The average molecular weight is 290 g/mol. The number of fused-ring (bicyclic) bond motifs is 1. The zero-order chi connectivity index (χ0) is 13.6. The topological polar surface area (TPSA) is 30.7 Å². The summed E-state index contributed by atoms with van der Waals surface area (Å²) in [4.78, 5) is 0. The van der Waals surface area contributed by atoms with E-state index in [1.54, 1.807) is 4.68 Å². The lowest BCUT2D eigenvalue weighted by molar-refractivity contribution is -0.137. The summed E-state index contributed by atoms with van der Waals surface area (Å²) in [7, 11) is 0. The second kappa shape index (κ2) is 4.37. The Labute approximate surface area is 112 Å². The minimum absolute atomic E-state index is 0.229. The fourth-order valence-electron chi connectivity index (χ4n) is 2.08. The van der Waals surface area contributed by atoms with E-state index in [-0.39, 0.29) is 10.5 Å². The Morgan fingerprint density at radius 2 is 2.05 bits per heavy atom. The molecular weight excluding hydrogens is 279 g/mol. The van der Waals surface area contributed by atoms with Gasteiger partial charge in [0.25, 0.3) is 0 Å². The van der Waals surface area contributed by atoms with E-state index >= 15 is 0 Å². The summed E-state index contributed by atoms with van der Waals surface area (Å²) >= 11 is 5.70. The van der Waals surface area contributed by atoms with Gasteiger partial charge < -0.3 is 0 Å². The van der Waals surface area contributed by atoms with Crippen LogP contribution in [-0.4, -0.2) is 15.0 Å². The third-order valence-electron chi connectivity index (χ3n) is 3.35. The molecule has 0 atom stereocenters. The molecule has 0 bridgehead atoms. The first-order chi connectivity index (χ1) is 8.95. The zero-order valence-corrected chi connectivity index (χ0v) is 10.7. The molecule has 3 nitrogen and oxygen atoms in total. The second-order valence-electron chi connectivity index (χ2n) is 4.86. The highest BCUT2D eigenvalue weighted by atomic mass is 35.5. The van der Waals surface area contributed by atoms with E-state index in [0.29, 0.717) is 12.1 Å². The highest BCUT2D eigenvalue weighted by Gasteiger charge is 2.34. The predicted molar refractivity (Wildman–Crippen MR) is 64.9 cm³/mol. The quantitative estimate of drug-likeness (QED) is 0.858. The maximum atomic E-state index is 12.7. The smallest absolute Gasteiger partial charge is 0.245 e. The van der Waals surface area contributed by atoms with E-state index in [2.05, 4.69) is 10.3 Å². The van der Waals surface area contributed by atoms with E-state index in [1.165, 1.54) is 18.9 Å². The summed E-state index contributed by atoms with van der Waals surface area (Å²) in [5.41, 5.74) is -0.0814. The Balaban J connectivity index is 1.97. The molecule has 0 saturated heterocycles. The molecule has 1 aromatic heterocycles. The lowest BCUT2D eigenvalue weighted by atomic mass is 10.2. The monoisotopic (exact) mass is 289 g/mol. The number of hydrogen-bond acceptors (Lipinski definition) is 2. The van der Waals surface area contributed by atoms with E-state index in [9.17, 15) is 13.2 Å². The third kappa shape index (κ3) is 2.54. The van der Waals surface area contributed by atoms with E-state index in [1.807, 2.05) is 0 Å². The number of alkyl halides is 3. The van der Waals surface area contributed by atoms with Gasteiger partial charge in [-0.1, -0.05) is 29.7 Å². The van der Waals surface area contributed by atoms with Crippen molar-refractivity contribution in [1.82, 2.24) is 15.0 Å². The van der Waals surface area contributed by atoms with Gasteiger partial charge in [0, 0.05) is 6.54 Å². The third-order valence-corrected chi connectivity index (χ3v) is 3.67. The van der Waals surface area contributed by atoms with Gasteiger partial charge in [-0.2, -0.15) is 13.2 Å². The highest BCUT2D eigenvalue weighted by molar-refractivity contribution is 6.32. The van der Waals surface area contributed by atoms with Crippen molar-refractivity contribution in [3.63, 3.8) is 0 Å². The van der Waals surface area contributed by atoms with E-state index < -0.39 is 11.7 Å². The molecular formula is C12H11ClF3N3. The molecule has 102 valence electrons. The molecule has 0 aliphatic heterocycles. The summed E-state index contributed by atoms with van der Waals surface area (Å²) in [5.74, 6) is 0.726. The van der Waals surface area contributed by atoms with Crippen molar-refractivity contribution in [3.05, 3.63) is 22.7 Å². The lowest BCUT2D eigenvalue weighted by Gasteiger charge is -2.09. The van der Waals surface area contributed by atoms with Gasteiger partial charge >= 0.3 is 6.18 Å². The standard InChI is InChI=1S/C12H11ClF3N3/c13-9-6-11-10(5-8(9)12(14,15)16)17-18-19(11)4-3-7-1-2-7/h5-7H,1-4H2. The van der Waals surface area contributed by atoms with Crippen LogP contribution in [0, 0.1) is 5.92 Å². The summed E-state index contributed by atoms with van der Waals surface area (Å²) in [6.45, 7) is 0.670. The number of nitrogens with zero attached hydrogens (tertiary/aromatic N) is 3. The van der Waals surface area contributed by atoms with Gasteiger partial charge in [-0.15, -0.1) is 5.10 Å². The molecule has 1 aromatic carbocycles. The summed E-state index contributed by atoms with van der Waals surface area (Å²) in [6.07, 6.45) is -1.03. The number of benzene rings is 1. The zero-order valence-electron chi connectivity index (χ0n) is 9.91. The Morgan fingerprint density at radius 3 is 2.68 bits per heavy atom. The molecule has 1 heterocycles. The number of hydrogen-bond donors (Lipinski definition) is 0. The number of rotatable bonds is 3. The largest absolute Gasteiger partial charge is 0.417 e. The molecule has 7 heteroatoms. The average Bonchev–Trinajstić information content (AvgIpc) is 3.06. The highest BCUT2D eigenvalue weighted by Crippen LogP contribution is 2.37. The fourth-order valence-corrected chi connectivity index (χ4v) is 2.35. The molecule has 0 unspecified atom stereocenters. The molecule has 1 aliphatic carbocycles. The Bertz CT molecular complexity index is 616. The van der Waals surface area contributed by atoms with Gasteiger partial charge in [-0.25, -0.2) is 4.68 Å². The molecule has 0 N–H and O–H groups in total. The van der Waals surface area contributed by atoms with Crippen LogP contribution in [0.1, 0.15) is 24.8 Å². The molecule has 0 spiro atoms. The van der Waals surface area contributed by atoms with Crippen LogP contribution in [0.4, 0.5) is 13.2 Å². The minimum Gasteiger partial charge on any atom is -0.245 e. The van der Waals surface area contributed by atoms with Crippen molar-refractivity contribution < 1.29 is 13.2 Å². The molecule has 2 aromatic rings. The van der Waals surface area contributed by atoms with Crippen molar-refractivity contribution in [1.29, 1.82) is 0 Å². The van der Waals surface area contributed by atoms with Crippen LogP contribution in [0.15, 0.2) is 12.1 Å². The Hall–Kier alpha value is -1.30. The Morgan fingerprint density at radius 1 is 1.32 bits per heavy atom. The van der Waals surface area contributed by atoms with Crippen molar-refractivity contribution in [2.24, 2.45) is 5.92 Å². The first kappa shape index (κ1) is 12.7. The maximum Gasteiger partial charge on any atom is 0.417 e. The predicted octanol–water partition coefficient (Wildman–Crippen LogP) is 3.90. The van der Waals surface area contributed by atoms with Gasteiger partial charge in [-0.05, 0) is 24.5 Å². The van der Waals surface area contributed by atoms with Gasteiger partial charge in [0.15, 0.2) is 0 Å². The van der Waals surface area contributed by atoms with Gasteiger partial charge in [-0.3, -0.25) is 0 Å². The minimum atomic E-state index is -4.47. The summed E-state index contributed by atoms with van der Waals surface area (Å²) in [5, 5.41) is 7.38. The van der Waals surface area contributed by atoms with Crippen molar-refractivity contribution in [2.45, 2.75) is 32.0 Å². The van der Waals surface area contributed by atoms with Crippen LogP contribution in [0.25, 0.3) is 11.0 Å². The normalized spacial score (nSPS) is 16.2. The van der Waals surface area contributed by atoms with Gasteiger partial charge in [0.1, 0.15) is 5.52 Å². The lowest BCUT2D eigenvalue weighted by Crippen LogP contribution is -2.06. The molecule has 3 rings (SSSR count). The van der Waals surface area contributed by atoms with Crippen molar-refractivity contribution in [3.8, 4) is 0 Å². The van der Waals surface area contributed by atoms with E-state index in [0.717, 1.165) is 18.4 Å². The van der Waals surface area contributed by atoms with Crippen LogP contribution in [-0.2, 0) is 12.7 Å². The van der Waals surface area contributed by atoms with Crippen LogP contribution in [0.3, 0.4) is 0 Å². The molecule has 1 fully saturated rings.